The SMILES string of the molecule is Cn1cc(-c2[c-]c(-c3cc4ccccc4cn3)c3oc4ccccc4c3c2)nc1-c1cc2c(cc1O)oc1ccccc12.[Pt]. The molecule has 0 aliphatic rings. The fourth-order valence-corrected chi connectivity index (χ4v) is 6.09. The Morgan fingerprint density at radius 3 is 2.23 bits per heavy atom. The Bertz CT molecular complexity index is 2560. The fraction of sp³-hybridized carbons (Fsp3) is 0.0270. The molecule has 0 aliphatic carbocycles. The molecular weight excluding hydrogens is 730 g/mol. The molecule has 0 fully saturated rings. The van der Waals surface area contributed by atoms with Gasteiger partial charge in [-0.25, -0.2) is 0 Å². The Balaban J connectivity index is 0.00000289. The van der Waals surface area contributed by atoms with Crippen LogP contribution in [0.25, 0.3) is 88.6 Å². The first kappa shape index (κ1) is 26.4. The molecule has 0 unspecified atom stereocenters. The fourth-order valence-electron chi connectivity index (χ4n) is 6.09. The van der Waals surface area contributed by atoms with E-state index >= 15 is 0 Å². The molecule has 0 spiro atoms. The number of furan rings is 2. The Morgan fingerprint density at radius 1 is 0.705 bits per heavy atom. The maximum atomic E-state index is 11.1. The second kappa shape index (κ2) is 9.93. The van der Waals surface area contributed by atoms with Crippen molar-refractivity contribution in [3.05, 3.63) is 116 Å². The predicted octanol–water partition coefficient (Wildman–Crippen LogP) is 9.27. The molecule has 0 atom stereocenters. The predicted molar refractivity (Wildman–Crippen MR) is 170 cm³/mol. The number of imidazole rings is 1. The Morgan fingerprint density at radius 2 is 1.41 bits per heavy atom. The van der Waals surface area contributed by atoms with Gasteiger partial charge in [0.05, 0.1) is 11.1 Å². The molecule has 7 heteroatoms. The molecule has 4 heterocycles. The zero-order valence-electron chi connectivity index (χ0n) is 23.3. The number of nitrogens with zero attached hydrogens (tertiary/aromatic N) is 3. The van der Waals surface area contributed by atoms with Crippen LogP contribution >= 0.6 is 0 Å². The molecule has 6 nitrogen and oxygen atoms in total. The van der Waals surface area contributed by atoms with Gasteiger partial charge in [-0.05, 0) is 40.6 Å². The van der Waals surface area contributed by atoms with Crippen LogP contribution in [0.2, 0.25) is 0 Å². The quantitative estimate of drug-likeness (QED) is 0.182. The molecule has 214 valence electrons. The molecule has 4 aromatic heterocycles. The summed E-state index contributed by atoms with van der Waals surface area (Å²) in [6.07, 6.45) is 3.85. The third kappa shape index (κ3) is 3.99. The molecule has 9 aromatic rings. The van der Waals surface area contributed by atoms with Gasteiger partial charge < -0.3 is 18.5 Å². The van der Waals surface area contributed by atoms with Crippen LogP contribution < -0.4 is 0 Å². The third-order valence-electron chi connectivity index (χ3n) is 8.18. The molecule has 0 aliphatic heterocycles. The summed E-state index contributed by atoms with van der Waals surface area (Å²) < 4.78 is 14.3. The average Bonchev–Trinajstić information content (AvgIpc) is 3.72. The van der Waals surface area contributed by atoms with Crippen molar-refractivity contribution >= 4 is 54.6 Å². The minimum absolute atomic E-state index is 0. The van der Waals surface area contributed by atoms with E-state index in [0.29, 0.717) is 17.0 Å². The topological polar surface area (TPSA) is 77.2 Å². The minimum Gasteiger partial charge on any atom is -0.507 e. The standard InChI is InChI=1S/C37H22N3O3.Pt/c1-40-20-31(39-37(40)29-17-26-24-10-4-6-12-33(24)42-35(26)18-32(29)41)23-14-27-25-11-5-7-13-34(25)43-36(27)28(15-23)30-16-21-8-2-3-9-22(21)19-38-30;/h2-14,16-20,41H,1H3;/q-1;. The summed E-state index contributed by atoms with van der Waals surface area (Å²) in [4.78, 5) is 9.83. The largest absolute Gasteiger partial charge is 0.507 e. The number of aromatic hydroxyl groups is 1. The first-order chi connectivity index (χ1) is 21.1. The monoisotopic (exact) mass is 751 g/mol. The van der Waals surface area contributed by atoms with Crippen molar-refractivity contribution in [1.29, 1.82) is 0 Å². The third-order valence-corrected chi connectivity index (χ3v) is 8.18. The maximum absolute atomic E-state index is 11.1. The van der Waals surface area contributed by atoms with Gasteiger partial charge in [0.15, 0.2) is 0 Å². The van der Waals surface area contributed by atoms with Gasteiger partial charge >= 0.3 is 0 Å². The summed E-state index contributed by atoms with van der Waals surface area (Å²) in [5.74, 6) is 0.740. The van der Waals surface area contributed by atoms with E-state index in [0.717, 1.165) is 71.6 Å². The summed E-state index contributed by atoms with van der Waals surface area (Å²) in [7, 11) is 1.93. The minimum atomic E-state index is 0. The molecule has 0 amide bonds. The molecule has 1 N–H and O–H groups in total. The molecule has 0 saturated carbocycles. The summed E-state index contributed by atoms with van der Waals surface area (Å²) >= 11 is 0. The van der Waals surface area contributed by atoms with Gasteiger partial charge in [-0.3, -0.25) is 9.97 Å². The second-order valence-corrected chi connectivity index (χ2v) is 10.8. The Labute approximate surface area is 265 Å². The van der Waals surface area contributed by atoms with Crippen LogP contribution in [-0.4, -0.2) is 19.6 Å². The van der Waals surface area contributed by atoms with E-state index in [1.54, 1.807) is 6.07 Å². The molecule has 0 radical (unpaired) electrons. The van der Waals surface area contributed by atoms with Crippen molar-refractivity contribution in [3.8, 4) is 39.7 Å². The smallest absolute Gasteiger partial charge is 0.139 e. The van der Waals surface area contributed by atoms with Crippen LogP contribution in [-0.2, 0) is 28.1 Å². The van der Waals surface area contributed by atoms with E-state index < -0.39 is 0 Å². The average molecular weight is 752 g/mol. The number of aromatic nitrogens is 3. The Kier molecular flexibility index (Phi) is 5.97. The number of para-hydroxylation sites is 2. The van der Waals surface area contributed by atoms with E-state index in [1.165, 1.54) is 0 Å². The summed E-state index contributed by atoms with van der Waals surface area (Å²) in [5, 5.41) is 17.1. The number of rotatable bonds is 3. The number of hydrogen-bond acceptors (Lipinski definition) is 5. The first-order valence-electron chi connectivity index (χ1n) is 14.0. The summed E-state index contributed by atoms with van der Waals surface area (Å²) in [5.41, 5.74) is 6.65. The number of benzene rings is 5. The molecule has 0 bridgehead atoms. The molecule has 44 heavy (non-hydrogen) atoms. The van der Waals surface area contributed by atoms with Crippen molar-refractivity contribution in [2.75, 3.05) is 0 Å². The van der Waals surface area contributed by atoms with E-state index in [2.05, 4.69) is 36.4 Å². The number of aryl methyl sites for hydroxylation is 1. The number of fused-ring (bicyclic) bond motifs is 7. The van der Waals surface area contributed by atoms with Gasteiger partial charge in [0.25, 0.3) is 0 Å². The normalized spacial score (nSPS) is 11.7. The van der Waals surface area contributed by atoms with Crippen molar-refractivity contribution < 1.29 is 35.0 Å². The van der Waals surface area contributed by atoms with Crippen molar-refractivity contribution in [1.82, 2.24) is 14.5 Å². The van der Waals surface area contributed by atoms with Crippen molar-refractivity contribution in [2.45, 2.75) is 0 Å². The van der Waals surface area contributed by atoms with Gasteiger partial charge in [0.1, 0.15) is 28.3 Å². The van der Waals surface area contributed by atoms with Gasteiger partial charge in [-0.15, -0.1) is 12.1 Å². The zero-order chi connectivity index (χ0) is 28.7. The van der Waals surface area contributed by atoms with Gasteiger partial charge in [-0.1, -0.05) is 77.9 Å². The summed E-state index contributed by atoms with van der Waals surface area (Å²) in [6, 6.07) is 35.4. The van der Waals surface area contributed by atoms with E-state index in [4.69, 9.17) is 18.8 Å². The van der Waals surface area contributed by atoms with Gasteiger partial charge in [0.2, 0.25) is 0 Å². The molecule has 0 saturated heterocycles. The van der Waals surface area contributed by atoms with E-state index in [1.807, 2.05) is 84.7 Å². The van der Waals surface area contributed by atoms with E-state index in [9.17, 15) is 5.11 Å². The van der Waals surface area contributed by atoms with Crippen LogP contribution in [0.3, 0.4) is 0 Å². The van der Waals surface area contributed by atoms with Crippen LogP contribution in [0.4, 0.5) is 0 Å². The number of hydrogen-bond donors (Lipinski definition) is 1. The summed E-state index contributed by atoms with van der Waals surface area (Å²) in [6.45, 7) is 0. The number of phenols is 1. The van der Waals surface area contributed by atoms with E-state index in [-0.39, 0.29) is 26.8 Å². The van der Waals surface area contributed by atoms with Crippen LogP contribution in [0.5, 0.6) is 5.75 Å². The number of phenolic OH excluding ortho intramolecular Hbond substituents is 1. The first-order valence-corrected chi connectivity index (χ1v) is 14.0. The van der Waals surface area contributed by atoms with Crippen LogP contribution in [0, 0.1) is 6.07 Å². The zero-order valence-corrected chi connectivity index (χ0v) is 25.6. The Hall–Kier alpha value is -5.19. The van der Waals surface area contributed by atoms with Gasteiger partial charge in [0, 0.05) is 67.9 Å². The second-order valence-electron chi connectivity index (χ2n) is 10.8. The maximum Gasteiger partial charge on any atom is 0.139 e. The van der Waals surface area contributed by atoms with Crippen molar-refractivity contribution in [3.63, 3.8) is 0 Å². The molecule has 5 aromatic carbocycles. The van der Waals surface area contributed by atoms with Crippen molar-refractivity contribution in [2.24, 2.45) is 7.05 Å². The number of pyridine rings is 1. The van der Waals surface area contributed by atoms with Crippen LogP contribution in [0.1, 0.15) is 0 Å². The van der Waals surface area contributed by atoms with Gasteiger partial charge in [-0.2, -0.15) is 0 Å². The molecular formula is C37H22N3O3Pt-. The molecule has 9 rings (SSSR count). The van der Waals surface area contributed by atoms with Crippen LogP contribution in [0.15, 0.2) is 118 Å².